The molecule has 1 aromatic heterocycles. The average Bonchev–Trinajstić information content (AvgIpc) is 2.74. The molecule has 11 heteroatoms. The average molecular weight is 422 g/mol. The third-order valence-electron chi connectivity index (χ3n) is 3.71. The molecule has 0 fully saturated rings. The Bertz CT molecular complexity index is 895. The minimum Gasteiger partial charge on any atom is -0.494 e. The van der Waals surface area contributed by atoms with Crippen LogP contribution in [-0.2, 0) is 48.1 Å². The minimum atomic E-state index is -0.909. The highest BCUT2D eigenvalue weighted by atomic mass is 16.5. The van der Waals surface area contributed by atoms with Crippen molar-refractivity contribution in [3.8, 4) is 5.88 Å². The van der Waals surface area contributed by atoms with Gasteiger partial charge in [-0.1, -0.05) is 19.7 Å². The number of aromatic nitrogens is 2. The SMILES string of the molecule is C=CC(=O)OCCc1c(O)n(CCOC(=O)C=C)c(=O)n(CCOC(=O)C=C)c1=O. The number of carbonyl (C=O) groups is 3. The Morgan fingerprint density at radius 2 is 1.23 bits per heavy atom. The molecule has 0 aromatic carbocycles. The Labute approximate surface area is 171 Å². The summed E-state index contributed by atoms with van der Waals surface area (Å²) in [5, 5.41) is 10.4. The molecule has 162 valence electrons. The standard InChI is InChI=1S/C19H22N2O9/c1-4-14(22)28-10-7-13-17(25)20(8-11-29-15(23)5-2)19(27)21(18(13)26)9-12-30-16(24)6-3/h4-6,25H,1-3,7-12H2. The van der Waals surface area contributed by atoms with Gasteiger partial charge in [-0.3, -0.25) is 13.9 Å². The second kappa shape index (κ2) is 11.8. The smallest absolute Gasteiger partial charge is 0.334 e. The van der Waals surface area contributed by atoms with Crippen LogP contribution in [0.3, 0.4) is 0 Å². The van der Waals surface area contributed by atoms with Gasteiger partial charge in [0, 0.05) is 24.6 Å². The maximum absolute atomic E-state index is 12.7. The van der Waals surface area contributed by atoms with E-state index in [0.717, 1.165) is 27.4 Å². The van der Waals surface area contributed by atoms with Crippen molar-refractivity contribution in [3.63, 3.8) is 0 Å². The van der Waals surface area contributed by atoms with E-state index in [1.807, 2.05) is 0 Å². The van der Waals surface area contributed by atoms with E-state index in [1.54, 1.807) is 0 Å². The fourth-order valence-electron chi connectivity index (χ4n) is 2.27. The lowest BCUT2D eigenvalue weighted by Gasteiger charge is -2.15. The molecule has 0 radical (unpaired) electrons. The molecule has 1 aromatic rings. The number of ether oxygens (including phenoxy) is 3. The fourth-order valence-corrected chi connectivity index (χ4v) is 2.27. The van der Waals surface area contributed by atoms with Crippen LogP contribution in [0.5, 0.6) is 5.88 Å². The van der Waals surface area contributed by atoms with E-state index in [-0.39, 0.29) is 44.9 Å². The Morgan fingerprint density at radius 1 is 0.800 bits per heavy atom. The van der Waals surface area contributed by atoms with Crippen molar-refractivity contribution in [2.75, 3.05) is 19.8 Å². The van der Waals surface area contributed by atoms with Gasteiger partial charge in [0.05, 0.1) is 25.3 Å². The van der Waals surface area contributed by atoms with Crippen LogP contribution in [0.15, 0.2) is 47.6 Å². The topological polar surface area (TPSA) is 143 Å². The van der Waals surface area contributed by atoms with Crippen molar-refractivity contribution in [2.45, 2.75) is 19.5 Å². The van der Waals surface area contributed by atoms with Crippen molar-refractivity contribution < 1.29 is 33.7 Å². The predicted molar refractivity (Wildman–Crippen MR) is 104 cm³/mol. The van der Waals surface area contributed by atoms with Gasteiger partial charge in [0.25, 0.3) is 5.56 Å². The molecule has 1 heterocycles. The molecule has 0 bridgehead atoms. The Balaban J connectivity index is 3.22. The molecule has 1 N–H and O–H groups in total. The molecular formula is C19H22N2O9. The first-order valence-electron chi connectivity index (χ1n) is 8.69. The summed E-state index contributed by atoms with van der Waals surface area (Å²) in [5.74, 6) is -2.86. The largest absolute Gasteiger partial charge is 0.494 e. The van der Waals surface area contributed by atoms with Gasteiger partial charge < -0.3 is 19.3 Å². The summed E-state index contributed by atoms with van der Waals surface area (Å²) in [6.07, 6.45) is 2.58. The lowest BCUT2D eigenvalue weighted by Crippen LogP contribution is -2.43. The third-order valence-corrected chi connectivity index (χ3v) is 3.71. The number of carbonyl (C=O) groups excluding carboxylic acids is 3. The highest BCUT2D eigenvalue weighted by Crippen LogP contribution is 2.12. The summed E-state index contributed by atoms with van der Waals surface area (Å²) in [4.78, 5) is 58.8. The molecule has 11 nitrogen and oxygen atoms in total. The molecule has 0 aliphatic rings. The molecular weight excluding hydrogens is 400 g/mol. The van der Waals surface area contributed by atoms with Gasteiger partial charge in [0.2, 0.25) is 5.88 Å². The number of hydrogen-bond donors (Lipinski definition) is 1. The molecule has 1 rings (SSSR count). The van der Waals surface area contributed by atoms with Crippen molar-refractivity contribution in [2.24, 2.45) is 0 Å². The predicted octanol–water partition coefficient (Wildman–Crippen LogP) is -0.554. The summed E-state index contributed by atoms with van der Waals surface area (Å²) in [5.41, 5.74) is -1.97. The van der Waals surface area contributed by atoms with E-state index in [0.29, 0.717) is 0 Å². The zero-order valence-corrected chi connectivity index (χ0v) is 16.2. The lowest BCUT2D eigenvalue weighted by atomic mass is 10.2. The molecule has 0 saturated heterocycles. The summed E-state index contributed by atoms with van der Waals surface area (Å²) in [6.45, 7) is 8.29. The normalized spacial score (nSPS) is 10.0. The van der Waals surface area contributed by atoms with Crippen LogP contribution in [0.1, 0.15) is 5.56 Å². The number of esters is 3. The Hall–Kier alpha value is -3.89. The maximum Gasteiger partial charge on any atom is 0.334 e. The minimum absolute atomic E-state index is 0.205. The zero-order valence-electron chi connectivity index (χ0n) is 16.2. The zero-order chi connectivity index (χ0) is 22.7. The van der Waals surface area contributed by atoms with Crippen LogP contribution in [0.4, 0.5) is 0 Å². The lowest BCUT2D eigenvalue weighted by molar-refractivity contribution is -0.138. The fraction of sp³-hybridized carbons (Fsp3) is 0.316. The van der Waals surface area contributed by atoms with Crippen molar-refractivity contribution >= 4 is 17.9 Å². The molecule has 30 heavy (non-hydrogen) atoms. The number of aromatic hydroxyl groups is 1. The Kier molecular flexibility index (Phi) is 9.53. The summed E-state index contributed by atoms with van der Waals surface area (Å²) in [6, 6.07) is 0. The van der Waals surface area contributed by atoms with Crippen LogP contribution in [-0.4, -0.2) is 52.0 Å². The van der Waals surface area contributed by atoms with Crippen LogP contribution in [0.2, 0.25) is 0 Å². The molecule has 0 amide bonds. The van der Waals surface area contributed by atoms with E-state index in [9.17, 15) is 29.1 Å². The molecule has 0 atom stereocenters. The molecule has 0 aliphatic carbocycles. The van der Waals surface area contributed by atoms with Gasteiger partial charge in [-0.2, -0.15) is 0 Å². The van der Waals surface area contributed by atoms with Crippen LogP contribution in [0, 0.1) is 0 Å². The van der Waals surface area contributed by atoms with Crippen LogP contribution < -0.4 is 11.2 Å². The third kappa shape index (κ3) is 6.62. The van der Waals surface area contributed by atoms with Crippen LogP contribution in [0.25, 0.3) is 0 Å². The summed E-state index contributed by atoms with van der Waals surface area (Å²) < 4.78 is 15.9. The van der Waals surface area contributed by atoms with Crippen molar-refractivity contribution in [3.05, 3.63) is 64.4 Å². The summed E-state index contributed by atoms with van der Waals surface area (Å²) >= 11 is 0. The van der Waals surface area contributed by atoms with Gasteiger partial charge in [-0.25, -0.2) is 19.2 Å². The quantitative estimate of drug-likeness (QED) is 0.266. The highest BCUT2D eigenvalue weighted by Gasteiger charge is 2.19. The van der Waals surface area contributed by atoms with E-state index < -0.39 is 35.0 Å². The van der Waals surface area contributed by atoms with Gasteiger partial charge in [-0.15, -0.1) is 0 Å². The Morgan fingerprint density at radius 3 is 1.70 bits per heavy atom. The first-order valence-corrected chi connectivity index (χ1v) is 8.69. The second-order valence-corrected chi connectivity index (χ2v) is 5.56. The van der Waals surface area contributed by atoms with E-state index >= 15 is 0 Å². The number of nitrogens with zero attached hydrogens (tertiary/aromatic N) is 2. The van der Waals surface area contributed by atoms with Crippen molar-refractivity contribution in [1.29, 1.82) is 0 Å². The van der Waals surface area contributed by atoms with E-state index in [4.69, 9.17) is 14.2 Å². The van der Waals surface area contributed by atoms with Gasteiger partial charge >= 0.3 is 23.6 Å². The number of hydrogen-bond acceptors (Lipinski definition) is 9. The van der Waals surface area contributed by atoms with Crippen molar-refractivity contribution in [1.82, 2.24) is 9.13 Å². The first kappa shape index (κ1) is 24.1. The van der Waals surface area contributed by atoms with Gasteiger partial charge in [0.15, 0.2) is 0 Å². The highest BCUT2D eigenvalue weighted by molar-refractivity contribution is 5.81. The maximum atomic E-state index is 12.7. The van der Waals surface area contributed by atoms with E-state index in [2.05, 4.69) is 19.7 Å². The molecule has 0 spiro atoms. The van der Waals surface area contributed by atoms with Gasteiger partial charge in [-0.05, 0) is 0 Å². The summed E-state index contributed by atoms with van der Waals surface area (Å²) in [7, 11) is 0. The second-order valence-electron chi connectivity index (χ2n) is 5.56. The molecule has 0 saturated carbocycles. The molecule has 0 aliphatic heterocycles. The molecule has 0 unspecified atom stereocenters. The first-order chi connectivity index (χ1) is 14.3. The van der Waals surface area contributed by atoms with Crippen LogP contribution >= 0.6 is 0 Å². The van der Waals surface area contributed by atoms with Gasteiger partial charge in [0.1, 0.15) is 13.2 Å². The monoisotopic (exact) mass is 422 g/mol. The van der Waals surface area contributed by atoms with E-state index in [1.165, 1.54) is 0 Å². The number of rotatable bonds is 12.